The van der Waals surface area contributed by atoms with Crippen molar-refractivity contribution in [2.45, 2.75) is 0 Å². The van der Waals surface area contributed by atoms with Crippen LogP contribution in [0, 0.1) is 0 Å². The lowest BCUT2D eigenvalue weighted by atomic mass is 10.2. The summed E-state index contributed by atoms with van der Waals surface area (Å²) in [6.45, 7) is 0. The summed E-state index contributed by atoms with van der Waals surface area (Å²) in [6.07, 6.45) is 1.68. The number of nitrogens with zero attached hydrogens (tertiary/aromatic N) is 3. The molecule has 0 aliphatic rings. The van der Waals surface area contributed by atoms with E-state index in [9.17, 15) is 5.11 Å². The van der Waals surface area contributed by atoms with E-state index in [1.807, 2.05) is 54.1 Å². The highest BCUT2D eigenvalue weighted by Gasteiger charge is 2.10. The first-order valence-electron chi connectivity index (χ1n) is 7.00. The highest BCUT2D eigenvalue weighted by atomic mass is 79.9. The zero-order chi connectivity index (χ0) is 16.0. The van der Waals surface area contributed by atoms with Gasteiger partial charge in [-0.2, -0.15) is 0 Å². The number of rotatable bonds is 2. The summed E-state index contributed by atoms with van der Waals surface area (Å²) in [6, 6.07) is 13.7. The quantitative estimate of drug-likeness (QED) is 0.493. The Morgan fingerprint density at radius 2 is 2.09 bits per heavy atom. The molecule has 2 heterocycles. The van der Waals surface area contributed by atoms with Crippen molar-refractivity contribution in [2.24, 2.45) is 12.0 Å². The van der Waals surface area contributed by atoms with Gasteiger partial charge in [-0.05, 0) is 30.3 Å². The normalized spacial score (nSPS) is 11.9. The Bertz CT molecular complexity index is 1060. The van der Waals surface area contributed by atoms with E-state index in [1.165, 1.54) is 11.3 Å². The fourth-order valence-electron chi connectivity index (χ4n) is 2.52. The maximum absolute atomic E-state index is 10.3. The molecule has 2 aromatic carbocycles. The van der Waals surface area contributed by atoms with E-state index in [0.29, 0.717) is 5.95 Å². The third-order valence-corrected chi connectivity index (χ3v) is 5.30. The molecule has 0 bridgehead atoms. The van der Waals surface area contributed by atoms with Crippen LogP contribution in [0.5, 0.6) is 5.75 Å². The SMILES string of the molecule is Cn1c(/N=C/c2sc3ccccc3c2O)nc2ccc(Br)cc21. The van der Waals surface area contributed by atoms with Crippen molar-refractivity contribution < 1.29 is 5.11 Å². The highest BCUT2D eigenvalue weighted by Crippen LogP contribution is 2.35. The van der Waals surface area contributed by atoms with Gasteiger partial charge >= 0.3 is 0 Å². The summed E-state index contributed by atoms with van der Waals surface area (Å²) in [7, 11) is 1.93. The summed E-state index contributed by atoms with van der Waals surface area (Å²) in [4.78, 5) is 9.72. The topological polar surface area (TPSA) is 50.4 Å². The van der Waals surface area contributed by atoms with Gasteiger partial charge in [-0.3, -0.25) is 0 Å². The molecule has 114 valence electrons. The second-order valence-corrected chi connectivity index (χ2v) is 7.17. The number of aromatic hydroxyl groups is 1. The molecule has 0 spiro atoms. The van der Waals surface area contributed by atoms with Gasteiger partial charge in [0.05, 0.1) is 22.1 Å². The molecule has 6 heteroatoms. The van der Waals surface area contributed by atoms with E-state index >= 15 is 0 Å². The smallest absolute Gasteiger partial charge is 0.230 e. The third kappa shape index (κ3) is 2.44. The molecule has 2 aromatic heterocycles. The Labute approximate surface area is 144 Å². The number of aliphatic imine (C=N–C) groups is 1. The average Bonchev–Trinajstić information content (AvgIpc) is 3.04. The zero-order valence-corrected chi connectivity index (χ0v) is 14.6. The maximum Gasteiger partial charge on any atom is 0.230 e. The zero-order valence-electron chi connectivity index (χ0n) is 12.2. The number of hydrogen-bond donors (Lipinski definition) is 1. The van der Waals surface area contributed by atoms with Gasteiger partial charge in [0.25, 0.3) is 0 Å². The highest BCUT2D eigenvalue weighted by molar-refractivity contribution is 9.10. The average molecular weight is 386 g/mol. The largest absolute Gasteiger partial charge is 0.506 e. The van der Waals surface area contributed by atoms with Gasteiger partial charge in [-0.25, -0.2) is 9.98 Å². The molecular formula is C17H12BrN3OS. The molecule has 0 aliphatic carbocycles. The monoisotopic (exact) mass is 385 g/mol. The molecule has 0 atom stereocenters. The predicted molar refractivity (Wildman–Crippen MR) is 99.2 cm³/mol. The fourth-order valence-corrected chi connectivity index (χ4v) is 3.84. The molecule has 4 rings (SSSR count). The number of benzene rings is 2. The maximum atomic E-state index is 10.3. The minimum Gasteiger partial charge on any atom is -0.506 e. The number of fused-ring (bicyclic) bond motifs is 2. The van der Waals surface area contributed by atoms with Crippen LogP contribution in [0.1, 0.15) is 4.88 Å². The number of aromatic nitrogens is 2. The number of aryl methyl sites for hydroxylation is 1. The van der Waals surface area contributed by atoms with E-state index < -0.39 is 0 Å². The van der Waals surface area contributed by atoms with Gasteiger partial charge in [0.1, 0.15) is 5.75 Å². The number of hydrogen-bond acceptors (Lipinski definition) is 4. The van der Waals surface area contributed by atoms with Gasteiger partial charge in [-0.1, -0.05) is 28.1 Å². The molecule has 0 saturated carbocycles. The first-order valence-corrected chi connectivity index (χ1v) is 8.61. The lowest BCUT2D eigenvalue weighted by molar-refractivity contribution is 0.483. The van der Waals surface area contributed by atoms with Crippen LogP contribution >= 0.6 is 27.3 Å². The Balaban J connectivity index is 1.78. The van der Waals surface area contributed by atoms with Crippen LogP contribution in [-0.2, 0) is 7.05 Å². The van der Waals surface area contributed by atoms with Gasteiger partial charge in [0.2, 0.25) is 5.95 Å². The molecule has 0 unspecified atom stereocenters. The van der Waals surface area contributed by atoms with E-state index in [1.54, 1.807) is 6.21 Å². The van der Waals surface area contributed by atoms with Crippen LogP contribution in [0.15, 0.2) is 51.9 Å². The van der Waals surface area contributed by atoms with Crippen molar-refractivity contribution in [1.29, 1.82) is 0 Å². The molecule has 4 aromatic rings. The van der Waals surface area contributed by atoms with Crippen molar-refractivity contribution in [2.75, 3.05) is 0 Å². The number of thiophene rings is 1. The molecular weight excluding hydrogens is 374 g/mol. The molecule has 1 N–H and O–H groups in total. The Morgan fingerprint density at radius 3 is 2.91 bits per heavy atom. The van der Waals surface area contributed by atoms with Gasteiger partial charge in [0, 0.05) is 21.6 Å². The first-order chi connectivity index (χ1) is 11.1. The van der Waals surface area contributed by atoms with Crippen LogP contribution in [0.25, 0.3) is 21.1 Å². The van der Waals surface area contributed by atoms with Gasteiger partial charge in [-0.15, -0.1) is 11.3 Å². The molecule has 4 nitrogen and oxygen atoms in total. The Kier molecular flexibility index (Phi) is 3.43. The molecule has 0 aliphatic heterocycles. The third-order valence-electron chi connectivity index (χ3n) is 3.71. The van der Waals surface area contributed by atoms with E-state index in [-0.39, 0.29) is 5.75 Å². The number of halogens is 1. The van der Waals surface area contributed by atoms with Gasteiger partial charge < -0.3 is 9.67 Å². The molecule has 0 fully saturated rings. The Morgan fingerprint density at radius 1 is 1.26 bits per heavy atom. The second-order valence-electron chi connectivity index (χ2n) is 5.17. The lowest BCUT2D eigenvalue weighted by Gasteiger charge is -1.96. The lowest BCUT2D eigenvalue weighted by Crippen LogP contribution is -1.87. The van der Waals surface area contributed by atoms with Crippen LogP contribution in [0.3, 0.4) is 0 Å². The molecule has 0 radical (unpaired) electrons. The minimum absolute atomic E-state index is 0.274. The summed E-state index contributed by atoms with van der Waals surface area (Å²) >= 11 is 4.98. The van der Waals surface area contributed by atoms with Crippen LogP contribution < -0.4 is 0 Å². The predicted octanol–water partition coefficient (Wildman–Crippen LogP) is 5.01. The summed E-state index contributed by atoms with van der Waals surface area (Å²) < 4.78 is 3.98. The number of imidazole rings is 1. The van der Waals surface area contributed by atoms with E-state index in [0.717, 1.165) is 30.5 Å². The minimum atomic E-state index is 0.274. The van der Waals surface area contributed by atoms with E-state index in [4.69, 9.17) is 0 Å². The van der Waals surface area contributed by atoms with Gasteiger partial charge in [0.15, 0.2) is 0 Å². The van der Waals surface area contributed by atoms with Crippen molar-refractivity contribution >= 4 is 60.5 Å². The van der Waals surface area contributed by atoms with Crippen molar-refractivity contribution in [3.05, 3.63) is 51.8 Å². The standard InChI is InChI=1S/C17H12BrN3OS/c1-21-13-8-10(18)6-7-12(13)20-17(21)19-9-15-16(22)11-4-2-3-5-14(11)23-15/h2-9,22H,1H3/b19-9+. The first kappa shape index (κ1) is 14.4. The van der Waals surface area contributed by atoms with Crippen molar-refractivity contribution in [3.63, 3.8) is 0 Å². The summed E-state index contributed by atoms with van der Waals surface area (Å²) in [5.41, 5.74) is 1.90. The van der Waals surface area contributed by atoms with Crippen molar-refractivity contribution in [3.8, 4) is 5.75 Å². The summed E-state index contributed by atoms with van der Waals surface area (Å²) in [5.74, 6) is 0.880. The van der Waals surface area contributed by atoms with Crippen LogP contribution in [0.2, 0.25) is 0 Å². The van der Waals surface area contributed by atoms with E-state index in [2.05, 4.69) is 25.9 Å². The van der Waals surface area contributed by atoms with Crippen LogP contribution in [0.4, 0.5) is 5.95 Å². The Hall–Kier alpha value is -2.18. The van der Waals surface area contributed by atoms with Crippen molar-refractivity contribution in [1.82, 2.24) is 9.55 Å². The second kappa shape index (κ2) is 5.47. The summed E-state index contributed by atoms with van der Waals surface area (Å²) in [5, 5.41) is 11.2. The molecule has 0 amide bonds. The van der Waals surface area contributed by atoms with Crippen LogP contribution in [-0.4, -0.2) is 20.9 Å². The fraction of sp³-hybridized carbons (Fsp3) is 0.0588. The molecule has 0 saturated heterocycles. The molecule has 23 heavy (non-hydrogen) atoms.